The molecular formula is C45H32N2. The van der Waals surface area contributed by atoms with Gasteiger partial charge in [0.2, 0.25) is 0 Å². The number of rotatable bonds is 3. The van der Waals surface area contributed by atoms with Crippen molar-refractivity contribution >= 4 is 43.6 Å². The lowest BCUT2D eigenvalue weighted by molar-refractivity contribution is 0.630. The molecule has 1 aliphatic rings. The summed E-state index contributed by atoms with van der Waals surface area (Å²) in [5.74, 6) is 0. The predicted octanol–water partition coefficient (Wildman–Crippen LogP) is 11.9. The molecule has 0 bridgehead atoms. The van der Waals surface area contributed by atoms with Crippen LogP contribution >= 0.6 is 0 Å². The van der Waals surface area contributed by atoms with Crippen molar-refractivity contribution in [2.75, 3.05) is 0 Å². The molecule has 0 saturated heterocycles. The van der Waals surface area contributed by atoms with Crippen LogP contribution in [0.15, 0.2) is 158 Å². The van der Waals surface area contributed by atoms with Gasteiger partial charge < -0.3 is 9.13 Å². The van der Waals surface area contributed by atoms with Crippen LogP contribution < -0.4 is 0 Å². The maximum absolute atomic E-state index is 2.49. The van der Waals surface area contributed by atoms with E-state index in [1.54, 1.807) is 0 Å². The van der Waals surface area contributed by atoms with Crippen molar-refractivity contribution in [2.45, 2.75) is 19.3 Å². The lowest BCUT2D eigenvalue weighted by Gasteiger charge is -2.35. The maximum atomic E-state index is 2.49. The molecule has 0 atom stereocenters. The molecule has 222 valence electrons. The normalized spacial score (nSPS) is 13.5. The van der Waals surface area contributed by atoms with Gasteiger partial charge in [0.1, 0.15) is 0 Å². The Balaban J connectivity index is 1.32. The Morgan fingerprint density at radius 1 is 0.383 bits per heavy atom. The monoisotopic (exact) mass is 600 g/mol. The standard InChI is InChI=1S/C45H32N2/c1-45(2)38-18-10-12-20-43(38)47-40-19-11-9-17-34(40)37-27-33(28-39(45)44(37)47)46-41-23-21-31(29-13-5-3-6-14-29)25-35(41)36-26-32(22-24-42(36)46)30-15-7-4-8-16-30/h3-28H,1-2H3. The summed E-state index contributed by atoms with van der Waals surface area (Å²) < 4.78 is 4.99. The van der Waals surface area contributed by atoms with Gasteiger partial charge in [-0.15, -0.1) is 0 Å². The van der Waals surface area contributed by atoms with Crippen LogP contribution in [0.5, 0.6) is 0 Å². The maximum Gasteiger partial charge on any atom is 0.0583 e. The quantitative estimate of drug-likeness (QED) is 0.191. The molecule has 0 unspecified atom stereocenters. The van der Waals surface area contributed by atoms with Crippen molar-refractivity contribution in [3.63, 3.8) is 0 Å². The largest absolute Gasteiger partial charge is 0.309 e. The number of aromatic nitrogens is 2. The molecule has 0 saturated carbocycles. The lowest BCUT2D eigenvalue weighted by atomic mass is 9.74. The second-order valence-corrected chi connectivity index (χ2v) is 13.4. The van der Waals surface area contributed by atoms with Crippen molar-refractivity contribution in [1.82, 2.24) is 9.13 Å². The highest BCUT2D eigenvalue weighted by Gasteiger charge is 2.35. The summed E-state index contributed by atoms with van der Waals surface area (Å²) in [7, 11) is 0. The third-order valence-corrected chi connectivity index (χ3v) is 10.5. The Hall–Kier alpha value is -5.86. The number of fused-ring (bicyclic) bond motifs is 8. The molecule has 0 amide bonds. The zero-order chi connectivity index (χ0) is 31.3. The first-order valence-electron chi connectivity index (χ1n) is 16.4. The minimum absolute atomic E-state index is 0.172. The van der Waals surface area contributed by atoms with Crippen molar-refractivity contribution in [3.8, 4) is 33.6 Å². The summed E-state index contributed by atoms with van der Waals surface area (Å²) in [4.78, 5) is 0. The molecule has 3 heterocycles. The Labute approximate surface area is 273 Å². The van der Waals surface area contributed by atoms with Gasteiger partial charge in [0, 0.05) is 32.6 Å². The molecule has 0 fully saturated rings. The molecule has 0 N–H and O–H groups in total. The highest BCUT2D eigenvalue weighted by atomic mass is 15.0. The Kier molecular flexibility index (Phi) is 5.37. The van der Waals surface area contributed by atoms with Gasteiger partial charge in [-0.25, -0.2) is 0 Å². The highest BCUT2D eigenvalue weighted by Crippen LogP contribution is 2.49. The summed E-state index contributed by atoms with van der Waals surface area (Å²) in [6.07, 6.45) is 0. The van der Waals surface area contributed by atoms with Crippen LogP contribution in [-0.2, 0) is 5.41 Å². The van der Waals surface area contributed by atoms with Crippen LogP contribution in [0.3, 0.4) is 0 Å². The van der Waals surface area contributed by atoms with Gasteiger partial charge in [0.15, 0.2) is 0 Å². The topological polar surface area (TPSA) is 9.86 Å². The van der Waals surface area contributed by atoms with E-state index in [-0.39, 0.29) is 5.41 Å². The lowest BCUT2D eigenvalue weighted by Crippen LogP contribution is -2.26. The van der Waals surface area contributed by atoms with Gasteiger partial charge in [0.25, 0.3) is 0 Å². The molecule has 2 nitrogen and oxygen atoms in total. The van der Waals surface area contributed by atoms with E-state index in [0.717, 1.165) is 0 Å². The zero-order valence-electron chi connectivity index (χ0n) is 26.4. The molecule has 9 aromatic rings. The SMILES string of the molecule is CC1(C)c2ccccc2-n2c3ccccc3c3cc(-n4c5ccc(-c6ccccc6)cc5c5cc(-c6ccccc6)ccc54)cc1c32. The van der Waals surface area contributed by atoms with Gasteiger partial charge in [-0.2, -0.15) is 0 Å². The fraction of sp³-hybridized carbons (Fsp3) is 0.0667. The smallest absolute Gasteiger partial charge is 0.0583 e. The van der Waals surface area contributed by atoms with E-state index in [4.69, 9.17) is 0 Å². The van der Waals surface area contributed by atoms with Crippen LogP contribution in [0.4, 0.5) is 0 Å². The highest BCUT2D eigenvalue weighted by molar-refractivity contribution is 6.14. The fourth-order valence-corrected chi connectivity index (χ4v) is 8.20. The van der Waals surface area contributed by atoms with Gasteiger partial charge >= 0.3 is 0 Å². The van der Waals surface area contributed by atoms with Crippen molar-refractivity contribution < 1.29 is 0 Å². The minimum Gasteiger partial charge on any atom is -0.309 e. The predicted molar refractivity (Wildman–Crippen MR) is 198 cm³/mol. The van der Waals surface area contributed by atoms with E-state index in [1.165, 1.54) is 88.4 Å². The van der Waals surface area contributed by atoms with E-state index in [0.29, 0.717) is 0 Å². The van der Waals surface area contributed by atoms with Crippen LogP contribution in [0.25, 0.3) is 77.2 Å². The third kappa shape index (κ3) is 3.67. The first kappa shape index (κ1) is 26.4. The summed E-state index contributed by atoms with van der Waals surface area (Å²) in [5.41, 5.74) is 14.9. The van der Waals surface area contributed by atoms with Crippen LogP contribution in [0.1, 0.15) is 25.0 Å². The Bertz CT molecular complexity index is 2590. The molecule has 2 heteroatoms. The minimum atomic E-state index is -0.172. The average molecular weight is 601 g/mol. The van der Waals surface area contributed by atoms with Crippen molar-refractivity contribution in [2.24, 2.45) is 0 Å². The number of benzene rings is 7. The van der Waals surface area contributed by atoms with Crippen LogP contribution in [0, 0.1) is 0 Å². The van der Waals surface area contributed by atoms with E-state index < -0.39 is 0 Å². The zero-order valence-corrected chi connectivity index (χ0v) is 26.4. The van der Waals surface area contributed by atoms with Gasteiger partial charge in [0.05, 0.1) is 27.8 Å². The first-order valence-corrected chi connectivity index (χ1v) is 16.4. The molecule has 2 aromatic heterocycles. The molecular weight excluding hydrogens is 569 g/mol. The van der Waals surface area contributed by atoms with Gasteiger partial charge in [-0.05, 0) is 81.9 Å². The van der Waals surface area contributed by atoms with E-state index in [9.17, 15) is 0 Å². The average Bonchev–Trinajstić information content (AvgIpc) is 3.64. The first-order chi connectivity index (χ1) is 23.1. The van der Waals surface area contributed by atoms with E-state index in [1.807, 2.05) is 0 Å². The van der Waals surface area contributed by atoms with E-state index >= 15 is 0 Å². The Morgan fingerprint density at radius 3 is 1.60 bits per heavy atom. The molecule has 0 spiro atoms. The summed E-state index contributed by atoms with van der Waals surface area (Å²) in [5, 5.41) is 5.11. The van der Waals surface area contributed by atoms with Gasteiger partial charge in [-0.1, -0.05) is 123 Å². The Morgan fingerprint density at radius 2 is 0.936 bits per heavy atom. The summed E-state index contributed by atoms with van der Waals surface area (Å²) >= 11 is 0. The fourth-order valence-electron chi connectivity index (χ4n) is 8.20. The van der Waals surface area contributed by atoms with Crippen molar-refractivity contribution in [3.05, 3.63) is 169 Å². The van der Waals surface area contributed by atoms with Crippen molar-refractivity contribution in [1.29, 1.82) is 0 Å². The summed E-state index contributed by atoms with van der Waals surface area (Å²) in [6, 6.07) is 58.1. The second-order valence-electron chi connectivity index (χ2n) is 13.4. The number of para-hydroxylation sites is 2. The molecule has 47 heavy (non-hydrogen) atoms. The van der Waals surface area contributed by atoms with Crippen LogP contribution in [-0.4, -0.2) is 9.13 Å². The molecule has 0 radical (unpaired) electrons. The number of nitrogens with zero attached hydrogens (tertiary/aromatic N) is 2. The number of hydrogen-bond acceptors (Lipinski definition) is 0. The molecule has 7 aromatic carbocycles. The third-order valence-electron chi connectivity index (χ3n) is 10.5. The molecule has 10 rings (SSSR count). The number of hydrogen-bond donors (Lipinski definition) is 0. The van der Waals surface area contributed by atoms with E-state index in [2.05, 4.69) is 181 Å². The molecule has 0 aliphatic carbocycles. The summed E-state index contributed by atoms with van der Waals surface area (Å²) in [6.45, 7) is 4.77. The van der Waals surface area contributed by atoms with Gasteiger partial charge in [-0.3, -0.25) is 0 Å². The van der Waals surface area contributed by atoms with Crippen LogP contribution in [0.2, 0.25) is 0 Å². The second kappa shape index (κ2) is 9.57. The molecule has 1 aliphatic heterocycles.